The van der Waals surface area contributed by atoms with Crippen LogP contribution in [-0.2, 0) is 0 Å². The second-order valence-electron chi connectivity index (χ2n) is 0.416. The molecule has 0 aliphatic carbocycles. The summed E-state index contributed by atoms with van der Waals surface area (Å²) in [5.41, 5.74) is 0. The molecular formula is C2H5NaS2. The monoisotopic (exact) mass is 116 g/mol. The van der Waals surface area contributed by atoms with Gasteiger partial charge in [0.15, 0.2) is 0 Å². The molecule has 0 nitrogen and oxygen atoms in total. The molecule has 0 saturated carbocycles. The van der Waals surface area contributed by atoms with Crippen LogP contribution in [0.15, 0.2) is 10.8 Å². The molecule has 26 valence electrons. The summed E-state index contributed by atoms with van der Waals surface area (Å²) in [7, 11) is 0. The van der Waals surface area contributed by atoms with Crippen LogP contribution in [0, 0.1) is 0 Å². The summed E-state index contributed by atoms with van der Waals surface area (Å²) in [5, 5.41) is 0. The Labute approximate surface area is 65.1 Å². The molecule has 0 aliphatic heterocycles. The Morgan fingerprint density at radius 3 is 1.40 bits per heavy atom. The molecule has 0 aromatic carbocycles. The van der Waals surface area contributed by atoms with E-state index in [2.05, 4.69) is 31.8 Å². The van der Waals surface area contributed by atoms with Gasteiger partial charge < -0.3 is 0 Å². The van der Waals surface area contributed by atoms with Crippen molar-refractivity contribution in [1.29, 1.82) is 0 Å². The zero-order valence-electron chi connectivity index (χ0n) is 2.10. The van der Waals surface area contributed by atoms with Gasteiger partial charge in [-0.05, 0) is 0 Å². The van der Waals surface area contributed by atoms with E-state index < -0.39 is 0 Å². The van der Waals surface area contributed by atoms with Crippen molar-refractivity contribution in [1.82, 2.24) is 0 Å². The van der Waals surface area contributed by atoms with Gasteiger partial charge >= 0.3 is 29.6 Å². The Balaban J connectivity index is 0. The van der Waals surface area contributed by atoms with Gasteiger partial charge in [0.25, 0.3) is 0 Å². The van der Waals surface area contributed by atoms with Crippen molar-refractivity contribution in [2.45, 2.75) is 0 Å². The van der Waals surface area contributed by atoms with Crippen molar-refractivity contribution in [2.75, 3.05) is 0 Å². The van der Waals surface area contributed by atoms with Crippen molar-refractivity contribution < 1.29 is 0 Å². The van der Waals surface area contributed by atoms with Crippen molar-refractivity contribution in [3.8, 4) is 0 Å². The van der Waals surface area contributed by atoms with Crippen LogP contribution in [0.1, 0.15) is 0 Å². The molecule has 0 rings (SSSR count). The molecule has 0 unspecified atom stereocenters. The van der Waals surface area contributed by atoms with Gasteiger partial charge in [-0.2, -0.15) is 0 Å². The van der Waals surface area contributed by atoms with Crippen LogP contribution < -0.4 is 0 Å². The summed E-state index contributed by atoms with van der Waals surface area (Å²) in [5.74, 6) is 0. The predicted octanol–water partition coefficient (Wildman–Crippen LogP) is 0.669. The van der Waals surface area contributed by atoms with E-state index in [0.29, 0.717) is 4.24 Å². The Hall–Kier alpha value is 1.44. The van der Waals surface area contributed by atoms with E-state index in [1.165, 1.54) is 0 Å². The van der Waals surface area contributed by atoms with Gasteiger partial charge in [-0.1, -0.05) is 6.58 Å². The Morgan fingerprint density at radius 2 is 1.40 bits per heavy atom. The first-order valence-corrected chi connectivity index (χ1v) is 1.70. The third-order valence-corrected chi connectivity index (χ3v) is 0. The summed E-state index contributed by atoms with van der Waals surface area (Å²) in [6, 6.07) is 0. The van der Waals surface area contributed by atoms with Crippen LogP contribution in [0.25, 0.3) is 0 Å². The molecular weight excluding hydrogens is 111 g/mol. The van der Waals surface area contributed by atoms with Crippen LogP contribution in [-0.4, -0.2) is 29.6 Å². The molecule has 0 aromatic heterocycles. The normalized spacial score (nSPS) is 5.20. The Morgan fingerprint density at radius 1 is 1.40 bits per heavy atom. The molecule has 0 bridgehead atoms. The summed E-state index contributed by atoms with van der Waals surface area (Å²) < 4.78 is 0.556. The van der Waals surface area contributed by atoms with Gasteiger partial charge in [0.2, 0.25) is 0 Å². The fourth-order valence-corrected chi connectivity index (χ4v) is 0. The topological polar surface area (TPSA) is 0 Å². The average Bonchev–Trinajstić information content (AvgIpc) is 0.811. The van der Waals surface area contributed by atoms with Crippen LogP contribution >= 0.6 is 25.3 Å². The van der Waals surface area contributed by atoms with Gasteiger partial charge in [0.05, 0.1) is 0 Å². The molecule has 0 heterocycles. The molecule has 0 spiro atoms. The SMILES string of the molecule is C=C(S)S.[NaH]. The van der Waals surface area contributed by atoms with Gasteiger partial charge in [-0.3, -0.25) is 0 Å². The number of hydrogen-bond donors (Lipinski definition) is 2. The van der Waals surface area contributed by atoms with Crippen molar-refractivity contribution >= 4 is 54.8 Å². The molecule has 0 saturated heterocycles. The van der Waals surface area contributed by atoms with Crippen LogP contribution in [0.3, 0.4) is 0 Å². The quantitative estimate of drug-likeness (QED) is 0.337. The van der Waals surface area contributed by atoms with Crippen LogP contribution in [0.4, 0.5) is 0 Å². The third kappa shape index (κ3) is 31.0. The van der Waals surface area contributed by atoms with Crippen molar-refractivity contribution in [3.05, 3.63) is 10.8 Å². The molecule has 0 aromatic rings. The molecule has 5 heavy (non-hydrogen) atoms. The fourth-order valence-electron chi connectivity index (χ4n) is 0. The van der Waals surface area contributed by atoms with Gasteiger partial charge in [0.1, 0.15) is 0 Å². The summed E-state index contributed by atoms with van der Waals surface area (Å²) >= 11 is 7.27. The fraction of sp³-hybridized carbons (Fsp3) is 0. The second kappa shape index (κ2) is 5.44. The van der Waals surface area contributed by atoms with Crippen molar-refractivity contribution in [2.24, 2.45) is 0 Å². The van der Waals surface area contributed by atoms with E-state index in [1.807, 2.05) is 0 Å². The summed E-state index contributed by atoms with van der Waals surface area (Å²) in [4.78, 5) is 0. The van der Waals surface area contributed by atoms with Gasteiger partial charge in [-0.15, -0.1) is 25.3 Å². The zero-order chi connectivity index (χ0) is 3.58. The standard InChI is InChI=1S/C2H4S2.Na.H/c1-2(3)4;;/h3-4H,1H2;;. The Bertz CT molecular complexity index is 30.6. The number of rotatable bonds is 0. The molecule has 0 aliphatic rings. The Kier molecular flexibility index (Phi) is 10.5. The van der Waals surface area contributed by atoms with Crippen molar-refractivity contribution in [3.63, 3.8) is 0 Å². The molecule has 0 fully saturated rings. The third-order valence-electron chi connectivity index (χ3n) is 0. The van der Waals surface area contributed by atoms with Crippen LogP contribution in [0.2, 0.25) is 0 Å². The van der Waals surface area contributed by atoms with E-state index in [9.17, 15) is 0 Å². The maximum absolute atomic E-state index is 3.64. The van der Waals surface area contributed by atoms with E-state index in [0.717, 1.165) is 0 Å². The number of hydrogen-bond acceptors (Lipinski definition) is 2. The first kappa shape index (κ1) is 9.67. The van der Waals surface area contributed by atoms with Gasteiger partial charge in [-0.25, -0.2) is 0 Å². The van der Waals surface area contributed by atoms with Gasteiger partial charge in [0, 0.05) is 4.24 Å². The van der Waals surface area contributed by atoms with E-state index in [4.69, 9.17) is 0 Å². The molecule has 0 amide bonds. The predicted molar refractivity (Wildman–Crippen MR) is 34.3 cm³/mol. The molecule has 0 N–H and O–H groups in total. The summed E-state index contributed by atoms with van der Waals surface area (Å²) in [6.07, 6.45) is 0. The molecule has 0 radical (unpaired) electrons. The zero-order valence-corrected chi connectivity index (χ0v) is 3.89. The summed E-state index contributed by atoms with van der Waals surface area (Å²) in [6.45, 7) is 3.28. The maximum atomic E-state index is 3.64. The second-order valence-corrected chi connectivity index (χ2v) is 1.85. The molecule has 0 atom stereocenters. The number of thiol groups is 2. The van der Waals surface area contributed by atoms with E-state index in [-0.39, 0.29) is 29.6 Å². The van der Waals surface area contributed by atoms with Crippen LogP contribution in [0.5, 0.6) is 0 Å². The first-order chi connectivity index (χ1) is 1.73. The minimum absolute atomic E-state index is 0. The minimum atomic E-state index is 0. The van der Waals surface area contributed by atoms with E-state index >= 15 is 0 Å². The first-order valence-electron chi connectivity index (χ1n) is 0.801. The average molecular weight is 116 g/mol. The van der Waals surface area contributed by atoms with E-state index in [1.54, 1.807) is 0 Å². The molecule has 3 heteroatoms.